The van der Waals surface area contributed by atoms with E-state index in [-0.39, 0.29) is 11.9 Å². The van der Waals surface area contributed by atoms with Crippen molar-refractivity contribution >= 4 is 17.2 Å². The molecular weight excluding hydrogens is 308 g/mol. The zero-order chi connectivity index (χ0) is 16.8. The SMILES string of the molecule is COc1ccc(C)cc1CN(C)CC(=O)NC(C)c1cccs1. The summed E-state index contributed by atoms with van der Waals surface area (Å²) in [6, 6.07) is 10.2. The normalized spacial score (nSPS) is 12.2. The van der Waals surface area contributed by atoms with Crippen LogP contribution in [0.2, 0.25) is 0 Å². The van der Waals surface area contributed by atoms with E-state index in [4.69, 9.17) is 4.74 Å². The Labute approximate surface area is 142 Å². The van der Waals surface area contributed by atoms with E-state index >= 15 is 0 Å². The summed E-state index contributed by atoms with van der Waals surface area (Å²) >= 11 is 1.66. The minimum atomic E-state index is 0.0278. The fraction of sp³-hybridized carbons (Fsp3) is 0.389. The van der Waals surface area contributed by atoms with Gasteiger partial charge in [0.05, 0.1) is 19.7 Å². The Balaban J connectivity index is 1.90. The number of rotatable bonds is 7. The van der Waals surface area contributed by atoms with E-state index < -0.39 is 0 Å². The topological polar surface area (TPSA) is 41.6 Å². The van der Waals surface area contributed by atoms with E-state index in [1.807, 2.05) is 48.5 Å². The monoisotopic (exact) mass is 332 g/mol. The third kappa shape index (κ3) is 5.08. The van der Waals surface area contributed by atoms with Crippen molar-refractivity contribution in [2.45, 2.75) is 26.4 Å². The highest BCUT2D eigenvalue weighted by molar-refractivity contribution is 7.10. The number of benzene rings is 1. The van der Waals surface area contributed by atoms with Crippen LogP contribution in [0.1, 0.15) is 29.0 Å². The number of nitrogens with one attached hydrogen (secondary N) is 1. The predicted octanol–water partition coefficient (Wildman–Crippen LogP) is 3.37. The number of carbonyl (C=O) groups excluding carboxylic acids is 1. The van der Waals surface area contributed by atoms with E-state index in [0.29, 0.717) is 13.1 Å². The van der Waals surface area contributed by atoms with Crippen molar-refractivity contribution in [1.82, 2.24) is 10.2 Å². The van der Waals surface area contributed by atoms with Gasteiger partial charge in [0.25, 0.3) is 0 Å². The van der Waals surface area contributed by atoms with E-state index in [2.05, 4.69) is 18.3 Å². The third-order valence-electron chi connectivity index (χ3n) is 3.64. The van der Waals surface area contributed by atoms with Crippen LogP contribution in [0.3, 0.4) is 0 Å². The molecule has 4 nitrogen and oxygen atoms in total. The maximum atomic E-state index is 12.2. The van der Waals surface area contributed by atoms with Gasteiger partial charge in [-0.2, -0.15) is 0 Å². The van der Waals surface area contributed by atoms with Gasteiger partial charge in [-0.15, -0.1) is 11.3 Å². The lowest BCUT2D eigenvalue weighted by molar-refractivity contribution is -0.122. The van der Waals surface area contributed by atoms with Crippen LogP contribution in [0.4, 0.5) is 0 Å². The third-order valence-corrected chi connectivity index (χ3v) is 4.69. The molecule has 0 radical (unpaired) electrons. The van der Waals surface area contributed by atoms with Crippen molar-refractivity contribution in [3.8, 4) is 5.75 Å². The van der Waals surface area contributed by atoms with Crippen LogP contribution in [-0.2, 0) is 11.3 Å². The first-order valence-electron chi connectivity index (χ1n) is 7.64. The van der Waals surface area contributed by atoms with Gasteiger partial charge in [0.15, 0.2) is 0 Å². The minimum Gasteiger partial charge on any atom is -0.496 e. The van der Waals surface area contributed by atoms with E-state index in [1.165, 1.54) is 10.4 Å². The van der Waals surface area contributed by atoms with Gasteiger partial charge in [0, 0.05) is 17.0 Å². The molecule has 1 atom stereocenters. The quantitative estimate of drug-likeness (QED) is 0.845. The van der Waals surface area contributed by atoms with Crippen molar-refractivity contribution in [2.75, 3.05) is 20.7 Å². The molecule has 124 valence electrons. The number of nitrogens with zero attached hydrogens (tertiary/aromatic N) is 1. The van der Waals surface area contributed by atoms with Gasteiger partial charge in [-0.05, 0) is 38.4 Å². The van der Waals surface area contributed by atoms with Crippen LogP contribution in [0.5, 0.6) is 5.75 Å². The zero-order valence-corrected chi connectivity index (χ0v) is 14.9. The lowest BCUT2D eigenvalue weighted by Gasteiger charge is -2.20. The standard InChI is InChI=1S/C18H24N2O2S/c1-13-7-8-16(22-4)15(10-13)11-20(3)12-18(21)19-14(2)17-6-5-9-23-17/h5-10,14H,11-12H2,1-4H3,(H,19,21). The predicted molar refractivity (Wildman–Crippen MR) is 94.9 cm³/mol. The second-order valence-electron chi connectivity index (χ2n) is 5.79. The lowest BCUT2D eigenvalue weighted by Crippen LogP contribution is -2.36. The molecule has 1 heterocycles. The van der Waals surface area contributed by atoms with E-state index in [1.54, 1.807) is 18.4 Å². The van der Waals surface area contributed by atoms with Crippen molar-refractivity contribution in [2.24, 2.45) is 0 Å². The zero-order valence-electron chi connectivity index (χ0n) is 14.1. The Bertz CT molecular complexity index is 640. The Kier molecular flexibility index (Phi) is 6.19. The van der Waals surface area contributed by atoms with Gasteiger partial charge in [-0.3, -0.25) is 9.69 Å². The number of hydrogen-bond acceptors (Lipinski definition) is 4. The lowest BCUT2D eigenvalue weighted by atomic mass is 10.1. The van der Waals surface area contributed by atoms with Crippen LogP contribution < -0.4 is 10.1 Å². The molecule has 1 amide bonds. The number of likely N-dealkylation sites (N-methyl/N-ethyl adjacent to an activating group) is 1. The molecule has 0 fully saturated rings. The smallest absolute Gasteiger partial charge is 0.234 e. The van der Waals surface area contributed by atoms with Crippen LogP contribution in [0.25, 0.3) is 0 Å². The summed E-state index contributed by atoms with van der Waals surface area (Å²) in [6.07, 6.45) is 0. The number of amides is 1. The number of aryl methyl sites for hydroxylation is 1. The summed E-state index contributed by atoms with van der Waals surface area (Å²) in [5, 5.41) is 5.06. The molecule has 1 N–H and O–H groups in total. The Morgan fingerprint density at radius 3 is 2.83 bits per heavy atom. The summed E-state index contributed by atoms with van der Waals surface area (Å²) in [5.41, 5.74) is 2.28. The molecule has 0 spiro atoms. The van der Waals surface area contributed by atoms with E-state index in [9.17, 15) is 4.79 Å². The Hall–Kier alpha value is -1.85. The summed E-state index contributed by atoms with van der Waals surface area (Å²) in [7, 11) is 3.61. The maximum Gasteiger partial charge on any atom is 0.234 e. The molecule has 1 aromatic carbocycles. The Morgan fingerprint density at radius 2 is 2.17 bits per heavy atom. The summed E-state index contributed by atoms with van der Waals surface area (Å²) in [5.74, 6) is 0.884. The number of carbonyl (C=O) groups is 1. The number of ether oxygens (including phenoxy) is 1. The molecule has 23 heavy (non-hydrogen) atoms. The molecule has 1 unspecified atom stereocenters. The molecule has 2 aromatic rings. The molecule has 0 bridgehead atoms. The van der Waals surface area contributed by atoms with Gasteiger partial charge in [0.2, 0.25) is 5.91 Å². The van der Waals surface area contributed by atoms with Crippen LogP contribution in [0, 0.1) is 6.92 Å². The fourth-order valence-corrected chi connectivity index (χ4v) is 3.25. The molecule has 1 aromatic heterocycles. The average molecular weight is 332 g/mol. The van der Waals surface area contributed by atoms with Gasteiger partial charge >= 0.3 is 0 Å². The number of hydrogen-bond donors (Lipinski definition) is 1. The maximum absolute atomic E-state index is 12.2. The van der Waals surface area contributed by atoms with Gasteiger partial charge < -0.3 is 10.1 Å². The average Bonchev–Trinajstić information content (AvgIpc) is 3.01. The molecular formula is C18H24N2O2S. The highest BCUT2D eigenvalue weighted by atomic mass is 32.1. The first kappa shape index (κ1) is 17.5. The van der Waals surface area contributed by atoms with Crippen molar-refractivity contribution in [1.29, 1.82) is 0 Å². The molecule has 0 saturated heterocycles. The molecule has 0 aliphatic carbocycles. The molecule has 0 aliphatic heterocycles. The summed E-state index contributed by atoms with van der Waals surface area (Å²) in [4.78, 5) is 15.4. The fourth-order valence-electron chi connectivity index (χ4n) is 2.52. The van der Waals surface area contributed by atoms with Crippen LogP contribution >= 0.6 is 11.3 Å². The Morgan fingerprint density at radius 1 is 1.39 bits per heavy atom. The molecule has 5 heteroatoms. The number of thiophene rings is 1. The van der Waals surface area contributed by atoms with Crippen LogP contribution in [0.15, 0.2) is 35.7 Å². The molecule has 0 aliphatic rings. The second kappa shape index (κ2) is 8.13. The van der Waals surface area contributed by atoms with Crippen LogP contribution in [-0.4, -0.2) is 31.5 Å². The first-order valence-corrected chi connectivity index (χ1v) is 8.52. The van der Waals surface area contributed by atoms with Gasteiger partial charge in [-0.1, -0.05) is 23.8 Å². The van der Waals surface area contributed by atoms with Gasteiger partial charge in [0.1, 0.15) is 5.75 Å². The van der Waals surface area contributed by atoms with Gasteiger partial charge in [-0.25, -0.2) is 0 Å². The summed E-state index contributed by atoms with van der Waals surface area (Å²) < 4.78 is 5.39. The minimum absolute atomic E-state index is 0.0278. The number of methoxy groups -OCH3 is 1. The van der Waals surface area contributed by atoms with Crippen molar-refractivity contribution < 1.29 is 9.53 Å². The largest absolute Gasteiger partial charge is 0.496 e. The summed E-state index contributed by atoms with van der Waals surface area (Å²) in [6.45, 7) is 5.09. The molecule has 2 rings (SSSR count). The molecule has 0 saturated carbocycles. The highest BCUT2D eigenvalue weighted by Gasteiger charge is 2.13. The van der Waals surface area contributed by atoms with Crippen molar-refractivity contribution in [3.63, 3.8) is 0 Å². The highest BCUT2D eigenvalue weighted by Crippen LogP contribution is 2.21. The van der Waals surface area contributed by atoms with Crippen molar-refractivity contribution in [3.05, 3.63) is 51.7 Å². The van der Waals surface area contributed by atoms with E-state index in [0.717, 1.165) is 11.3 Å². The second-order valence-corrected chi connectivity index (χ2v) is 6.77. The first-order chi connectivity index (χ1) is 11.0.